The molecule has 6 nitrogen and oxygen atoms in total. The van der Waals surface area contributed by atoms with Crippen LogP contribution in [0.4, 0.5) is 5.69 Å². The van der Waals surface area contributed by atoms with Gasteiger partial charge in [-0.15, -0.1) is 0 Å². The van der Waals surface area contributed by atoms with Gasteiger partial charge in [0.05, 0.1) is 24.2 Å². The number of nitrogens with one attached hydrogen (secondary N) is 1. The Morgan fingerprint density at radius 1 is 1.29 bits per heavy atom. The highest BCUT2D eigenvalue weighted by atomic mass is 79.9. The molecule has 24 heavy (non-hydrogen) atoms. The predicted octanol–water partition coefficient (Wildman–Crippen LogP) is 2.23. The van der Waals surface area contributed by atoms with Crippen LogP contribution in [-0.4, -0.2) is 32.1 Å². The third-order valence-electron chi connectivity index (χ3n) is 3.31. The lowest BCUT2D eigenvalue weighted by atomic mass is 10.2. The molecule has 128 valence electrons. The average Bonchev–Trinajstić information content (AvgIpc) is 2.53. The van der Waals surface area contributed by atoms with Crippen LogP contribution in [0.3, 0.4) is 0 Å². The van der Waals surface area contributed by atoms with E-state index in [0.717, 1.165) is 20.6 Å². The van der Waals surface area contributed by atoms with Crippen LogP contribution in [-0.2, 0) is 21.4 Å². The van der Waals surface area contributed by atoms with Crippen molar-refractivity contribution in [3.63, 3.8) is 0 Å². The number of nitrogens with zero attached hydrogens (tertiary/aromatic N) is 2. The van der Waals surface area contributed by atoms with Crippen LogP contribution in [0.25, 0.3) is 0 Å². The fraction of sp³-hybridized carbons (Fsp3) is 0.250. The molecule has 0 saturated carbocycles. The van der Waals surface area contributed by atoms with Gasteiger partial charge in [0.15, 0.2) is 0 Å². The van der Waals surface area contributed by atoms with Crippen LogP contribution in [0.2, 0.25) is 0 Å². The van der Waals surface area contributed by atoms with E-state index in [2.05, 4.69) is 26.2 Å². The van der Waals surface area contributed by atoms with Crippen LogP contribution < -0.4 is 9.62 Å². The van der Waals surface area contributed by atoms with Gasteiger partial charge < -0.3 is 5.32 Å². The summed E-state index contributed by atoms with van der Waals surface area (Å²) in [4.78, 5) is 16.3. The van der Waals surface area contributed by atoms with Crippen LogP contribution in [0.15, 0.2) is 47.1 Å². The van der Waals surface area contributed by atoms with Crippen molar-refractivity contribution in [1.82, 2.24) is 10.3 Å². The number of carbonyl (C=O) groups excluding carboxylic acids is 1. The van der Waals surface area contributed by atoms with Crippen LogP contribution in [0.5, 0.6) is 0 Å². The largest absolute Gasteiger partial charge is 0.349 e. The number of pyridine rings is 1. The molecule has 1 aromatic heterocycles. The molecule has 1 amide bonds. The highest BCUT2D eigenvalue weighted by Crippen LogP contribution is 2.24. The third kappa shape index (κ3) is 5.04. The number of benzene rings is 1. The van der Waals surface area contributed by atoms with Gasteiger partial charge in [-0.05, 0) is 42.8 Å². The minimum absolute atomic E-state index is 0.247. The topological polar surface area (TPSA) is 79.4 Å². The van der Waals surface area contributed by atoms with Crippen molar-refractivity contribution in [2.75, 3.05) is 17.1 Å². The number of halogens is 1. The van der Waals surface area contributed by atoms with Gasteiger partial charge in [-0.3, -0.25) is 14.1 Å². The van der Waals surface area contributed by atoms with Crippen molar-refractivity contribution in [1.29, 1.82) is 0 Å². The van der Waals surface area contributed by atoms with Crippen molar-refractivity contribution < 1.29 is 13.2 Å². The van der Waals surface area contributed by atoms with E-state index in [4.69, 9.17) is 0 Å². The van der Waals surface area contributed by atoms with E-state index < -0.39 is 15.9 Å². The van der Waals surface area contributed by atoms with E-state index in [1.165, 1.54) is 0 Å². The second-order valence-electron chi connectivity index (χ2n) is 5.30. The minimum atomic E-state index is -3.58. The molecule has 0 fully saturated rings. The molecule has 0 aliphatic rings. The molecule has 1 heterocycles. The summed E-state index contributed by atoms with van der Waals surface area (Å²) < 4.78 is 26.1. The van der Waals surface area contributed by atoms with Gasteiger partial charge in [0.25, 0.3) is 0 Å². The molecule has 0 radical (unpaired) electrons. The van der Waals surface area contributed by atoms with Gasteiger partial charge in [0, 0.05) is 10.7 Å². The van der Waals surface area contributed by atoms with E-state index in [1.807, 2.05) is 13.0 Å². The summed E-state index contributed by atoms with van der Waals surface area (Å²) in [5.74, 6) is -0.397. The fourth-order valence-electron chi connectivity index (χ4n) is 2.06. The van der Waals surface area contributed by atoms with Gasteiger partial charge in [-0.1, -0.05) is 22.0 Å². The Hall–Kier alpha value is -1.93. The Morgan fingerprint density at radius 3 is 2.62 bits per heavy atom. The monoisotopic (exact) mass is 411 g/mol. The third-order valence-corrected chi connectivity index (χ3v) is 5.34. The number of amides is 1. The van der Waals surface area contributed by atoms with Crippen LogP contribution >= 0.6 is 15.9 Å². The van der Waals surface area contributed by atoms with Crippen LogP contribution in [0, 0.1) is 6.92 Å². The van der Waals surface area contributed by atoms with E-state index >= 15 is 0 Å². The Morgan fingerprint density at radius 2 is 2.04 bits per heavy atom. The molecule has 0 unspecified atom stereocenters. The quantitative estimate of drug-likeness (QED) is 0.790. The molecule has 1 N–H and O–H groups in total. The van der Waals surface area contributed by atoms with E-state index in [0.29, 0.717) is 11.4 Å². The zero-order valence-electron chi connectivity index (χ0n) is 13.4. The van der Waals surface area contributed by atoms with Gasteiger partial charge in [0.1, 0.15) is 6.54 Å². The first-order chi connectivity index (χ1) is 11.3. The Balaban J connectivity index is 2.11. The summed E-state index contributed by atoms with van der Waals surface area (Å²) in [5.41, 5.74) is 2.04. The molecule has 0 saturated heterocycles. The van der Waals surface area contributed by atoms with Gasteiger partial charge in [-0.25, -0.2) is 8.42 Å². The molecule has 0 bridgehead atoms. The smallest absolute Gasteiger partial charge is 0.241 e. The minimum Gasteiger partial charge on any atom is -0.349 e. The fourth-order valence-corrected chi connectivity index (χ4v) is 3.16. The second-order valence-corrected chi connectivity index (χ2v) is 8.06. The molecule has 1 aromatic carbocycles. The maximum absolute atomic E-state index is 12.1. The average molecular weight is 412 g/mol. The molecule has 2 aromatic rings. The van der Waals surface area contributed by atoms with Crippen molar-refractivity contribution in [3.8, 4) is 0 Å². The molecular weight excluding hydrogens is 394 g/mol. The maximum Gasteiger partial charge on any atom is 0.241 e. The normalized spacial score (nSPS) is 11.1. The first-order valence-corrected chi connectivity index (χ1v) is 9.82. The number of hydrogen-bond acceptors (Lipinski definition) is 4. The second kappa shape index (κ2) is 7.76. The predicted molar refractivity (Wildman–Crippen MR) is 97.2 cm³/mol. The zero-order chi connectivity index (χ0) is 17.7. The molecule has 0 atom stereocenters. The summed E-state index contributed by atoms with van der Waals surface area (Å²) >= 11 is 3.38. The Labute approximate surface area is 150 Å². The number of anilines is 1. The number of sulfonamides is 1. The van der Waals surface area contributed by atoms with Gasteiger partial charge >= 0.3 is 0 Å². The van der Waals surface area contributed by atoms with Crippen molar-refractivity contribution >= 4 is 37.5 Å². The molecule has 8 heteroatoms. The van der Waals surface area contributed by atoms with Crippen LogP contribution in [0.1, 0.15) is 11.3 Å². The number of carbonyl (C=O) groups is 1. The number of rotatable bonds is 6. The highest BCUT2D eigenvalue weighted by molar-refractivity contribution is 9.10. The first-order valence-electron chi connectivity index (χ1n) is 7.18. The summed E-state index contributed by atoms with van der Waals surface area (Å²) in [7, 11) is -3.58. The molecular formula is C16H18BrN3O3S. The van der Waals surface area contributed by atoms with Gasteiger partial charge in [-0.2, -0.15) is 0 Å². The number of aryl methyl sites for hydroxylation is 1. The first kappa shape index (κ1) is 18.4. The lowest BCUT2D eigenvalue weighted by molar-refractivity contribution is -0.119. The summed E-state index contributed by atoms with van der Waals surface area (Å²) in [6.45, 7) is 1.82. The summed E-state index contributed by atoms with van der Waals surface area (Å²) in [6.07, 6.45) is 2.71. The van der Waals surface area contributed by atoms with Gasteiger partial charge in [0.2, 0.25) is 15.9 Å². The lowest BCUT2D eigenvalue weighted by Crippen LogP contribution is -2.40. The molecule has 2 rings (SSSR count). The summed E-state index contributed by atoms with van der Waals surface area (Å²) in [6, 6.07) is 10.5. The lowest BCUT2D eigenvalue weighted by Gasteiger charge is -2.22. The SMILES string of the molecule is Cc1cc(N(CC(=O)NCc2ccccn2)S(C)(=O)=O)ccc1Br. The van der Waals surface area contributed by atoms with E-state index in [1.54, 1.807) is 36.5 Å². The molecule has 0 aliphatic heterocycles. The highest BCUT2D eigenvalue weighted by Gasteiger charge is 2.21. The van der Waals surface area contributed by atoms with E-state index in [9.17, 15) is 13.2 Å². The Bertz CT molecular complexity index is 826. The molecule has 0 spiro atoms. The summed E-state index contributed by atoms with van der Waals surface area (Å²) in [5, 5.41) is 2.68. The standard InChI is InChI=1S/C16H18BrN3O3S/c1-12-9-14(6-7-15(12)17)20(24(2,22)23)11-16(21)19-10-13-5-3-4-8-18-13/h3-9H,10-11H2,1-2H3,(H,19,21). The van der Waals surface area contributed by atoms with E-state index in [-0.39, 0.29) is 13.1 Å². The Kier molecular flexibility index (Phi) is 5.95. The van der Waals surface area contributed by atoms with Crippen molar-refractivity contribution in [2.45, 2.75) is 13.5 Å². The van der Waals surface area contributed by atoms with Crippen molar-refractivity contribution in [3.05, 3.63) is 58.3 Å². The number of hydrogen-bond donors (Lipinski definition) is 1. The van der Waals surface area contributed by atoms with Crippen molar-refractivity contribution in [2.24, 2.45) is 0 Å². The zero-order valence-corrected chi connectivity index (χ0v) is 15.8. The number of aromatic nitrogens is 1. The maximum atomic E-state index is 12.1. The molecule has 0 aliphatic carbocycles.